The van der Waals surface area contributed by atoms with E-state index >= 15 is 0 Å². The predicted octanol–water partition coefficient (Wildman–Crippen LogP) is 4.29. The van der Waals surface area contributed by atoms with Crippen molar-refractivity contribution in [3.05, 3.63) is 63.6 Å². The molecule has 19 heavy (non-hydrogen) atoms. The van der Waals surface area contributed by atoms with Crippen LogP contribution >= 0.6 is 23.2 Å². The zero-order chi connectivity index (χ0) is 13.7. The largest absolute Gasteiger partial charge is 0.489 e. The molecule has 0 aliphatic heterocycles. The Balaban J connectivity index is 2.13. The fraction of sp³-hybridized carbons (Fsp3) is 0.200. The highest BCUT2D eigenvalue weighted by Gasteiger charge is 2.06. The van der Waals surface area contributed by atoms with E-state index in [4.69, 9.17) is 27.9 Å². The molecule has 0 saturated heterocycles. The van der Waals surface area contributed by atoms with Crippen molar-refractivity contribution in [2.24, 2.45) is 0 Å². The van der Waals surface area contributed by atoms with Crippen molar-refractivity contribution in [1.82, 2.24) is 5.32 Å². The number of hydrogen-bond donors (Lipinski definition) is 1. The molecule has 0 aliphatic carbocycles. The van der Waals surface area contributed by atoms with Crippen molar-refractivity contribution in [2.75, 3.05) is 7.05 Å². The minimum absolute atomic E-state index is 0.442. The van der Waals surface area contributed by atoms with Gasteiger partial charge in [-0.15, -0.1) is 0 Å². The first-order valence-electron chi connectivity index (χ1n) is 6.00. The number of ether oxygens (including phenoxy) is 1. The summed E-state index contributed by atoms with van der Waals surface area (Å²) in [5, 5.41) is 4.51. The van der Waals surface area contributed by atoms with Gasteiger partial charge in [0.05, 0.1) is 0 Å². The predicted molar refractivity (Wildman–Crippen MR) is 80.0 cm³/mol. The number of benzene rings is 2. The van der Waals surface area contributed by atoms with Crippen molar-refractivity contribution < 1.29 is 4.74 Å². The van der Waals surface area contributed by atoms with Crippen LogP contribution in [0.1, 0.15) is 11.1 Å². The lowest BCUT2D eigenvalue weighted by atomic mass is 10.2. The van der Waals surface area contributed by atoms with Crippen LogP contribution in [0, 0.1) is 0 Å². The molecular weight excluding hydrogens is 281 g/mol. The smallest absolute Gasteiger partial charge is 0.124 e. The lowest BCUT2D eigenvalue weighted by Crippen LogP contribution is -2.07. The molecule has 0 amide bonds. The lowest BCUT2D eigenvalue weighted by Gasteiger charge is -2.12. The molecule has 2 aromatic rings. The minimum Gasteiger partial charge on any atom is -0.489 e. The van der Waals surface area contributed by atoms with Crippen molar-refractivity contribution in [2.45, 2.75) is 13.2 Å². The van der Waals surface area contributed by atoms with Gasteiger partial charge in [-0.25, -0.2) is 0 Å². The lowest BCUT2D eigenvalue weighted by molar-refractivity contribution is 0.302. The van der Waals surface area contributed by atoms with Crippen LogP contribution < -0.4 is 10.1 Å². The molecule has 2 nitrogen and oxygen atoms in total. The van der Waals surface area contributed by atoms with Crippen molar-refractivity contribution in [3.63, 3.8) is 0 Å². The molecule has 1 N–H and O–H groups in total. The maximum absolute atomic E-state index is 6.10. The van der Waals surface area contributed by atoms with E-state index in [1.807, 2.05) is 49.5 Å². The fourth-order valence-corrected chi connectivity index (χ4v) is 2.17. The molecule has 0 aliphatic rings. The summed E-state index contributed by atoms with van der Waals surface area (Å²) in [4.78, 5) is 0. The summed E-state index contributed by atoms with van der Waals surface area (Å²) in [6.45, 7) is 1.15. The molecular formula is C15H15Cl2NO. The van der Waals surface area contributed by atoms with Crippen molar-refractivity contribution in [3.8, 4) is 5.75 Å². The van der Waals surface area contributed by atoms with Crippen molar-refractivity contribution in [1.29, 1.82) is 0 Å². The zero-order valence-corrected chi connectivity index (χ0v) is 12.1. The van der Waals surface area contributed by atoms with Crippen LogP contribution in [0.25, 0.3) is 0 Å². The Labute approximate surface area is 123 Å². The highest BCUT2D eigenvalue weighted by atomic mass is 35.5. The third-order valence-corrected chi connectivity index (χ3v) is 3.33. The van der Waals surface area contributed by atoms with E-state index in [1.54, 1.807) is 0 Å². The summed E-state index contributed by atoms with van der Waals surface area (Å²) in [6, 6.07) is 13.3. The van der Waals surface area contributed by atoms with E-state index in [0.717, 1.165) is 16.9 Å². The fourth-order valence-electron chi connectivity index (χ4n) is 1.79. The van der Waals surface area contributed by atoms with Gasteiger partial charge in [-0.3, -0.25) is 0 Å². The maximum atomic E-state index is 6.10. The first kappa shape index (κ1) is 14.2. The van der Waals surface area contributed by atoms with Crippen molar-refractivity contribution >= 4 is 23.2 Å². The second kappa shape index (κ2) is 6.80. The van der Waals surface area contributed by atoms with Crippen LogP contribution in [-0.2, 0) is 13.2 Å². The average molecular weight is 296 g/mol. The molecule has 4 heteroatoms. The molecule has 0 spiro atoms. The van der Waals surface area contributed by atoms with Crippen LogP contribution in [0.4, 0.5) is 0 Å². The number of rotatable bonds is 5. The zero-order valence-electron chi connectivity index (χ0n) is 10.6. The summed E-state index contributed by atoms with van der Waals surface area (Å²) in [5.74, 6) is 0.818. The Morgan fingerprint density at radius 2 is 1.84 bits per heavy atom. The van der Waals surface area contributed by atoms with Gasteiger partial charge in [-0.2, -0.15) is 0 Å². The van der Waals surface area contributed by atoms with Gasteiger partial charge in [0, 0.05) is 27.7 Å². The van der Waals surface area contributed by atoms with E-state index in [2.05, 4.69) is 5.32 Å². The van der Waals surface area contributed by atoms with Gasteiger partial charge in [0.25, 0.3) is 0 Å². The Bertz CT molecular complexity index is 558. The molecule has 0 bridgehead atoms. The van der Waals surface area contributed by atoms with E-state index in [-0.39, 0.29) is 0 Å². The third-order valence-electron chi connectivity index (χ3n) is 2.73. The number of hydrogen-bond acceptors (Lipinski definition) is 2. The van der Waals surface area contributed by atoms with Crippen LogP contribution in [0.5, 0.6) is 5.75 Å². The topological polar surface area (TPSA) is 21.3 Å². The van der Waals surface area contributed by atoms with E-state index in [1.165, 1.54) is 0 Å². The van der Waals surface area contributed by atoms with Gasteiger partial charge in [-0.05, 0) is 31.3 Å². The standard InChI is InChI=1S/C15H15Cl2NO/c1-18-9-12-8-13(16)6-7-15(12)19-10-11-4-2-3-5-14(11)17/h2-8,18H,9-10H2,1H3. The van der Waals surface area contributed by atoms with E-state index in [0.29, 0.717) is 23.2 Å². The molecule has 0 radical (unpaired) electrons. The van der Waals surface area contributed by atoms with Gasteiger partial charge >= 0.3 is 0 Å². The van der Waals surface area contributed by atoms with E-state index in [9.17, 15) is 0 Å². The number of halogens is 2. The molecule has 0 heterocycles. The van der Waals surface area contributed by atoms with Crippen LogP contribution in [0.2, 0.25) is 10.0 Å². The molecule has 0 saturated carbocycles. The Kier molecular flexibility index (Phi) is 5.08. The highest BCUT2D eigenvalue weighted by molar-refractivity contribution is 6.31. The molecule has 2 aromatic carbocycles. The number of nitrogens with one attached hydrogen (secondary N) is 1. The molecule has 0 fully saturated rings. The average Bonchev–Trinajstić information content (AvgIpc) is 2.40. The second-order valence-corrected chi connectivity index (χ2v) is 5.01. The summed E-state index contributed by atoms with van der Waals surface area (Å²) < 4.78 is 5.83. The van der Waals surface area contributed by atoms with Gasteiger partial charge in [-0.1, -0.05) is 41.4 Å². The van der Waals surface area contributed by atoms with Gasteiger partial charge in [0.2, 0.25) is 0 Å². The van der Waals surface area contributed by atoms with E-state index < -0.39 is 0 Å². The molecule has 100 valence electrons. The second-order valence-electron chi connectivity index (χ2n) is 4.16. The maximum Gasteiger partial charge on any atom is 0.124 e. The first-order valence-corrected chi connectivity index (χ1v) is 6.75. The summed E-state index contributed by atoms with van der Waals surface area (Å²) in [5.41, 5.74) is 2.00. The summed E-state index contributed by atoms with van der Waals surface area (Å²) >= 11 is 12.1. The first-order chi connectivity index (χ1) is 9.20. The van der Waals surface area contributed by atoms with Crippen LogP contribution in [0.15, 0.2) is 42.5 Å². The Morgan fingerprint density at radius 3 is 2.58 bits per heavy atom. The summed E-state index contributed by atoms with van der Waals surface area (Å²) in [6.07, 6.45) is 0. The molecule has 0 atom stereocenters. The minimum atomic E-state index is 0.442. The Morgan fingerprint density at radius 1 is 1.05 bits per heavy atom. The Hall–Kier alpha value is -1.22. The van der Waals surface area contributed by atoms with Gasteiger partial charge < -0.3 is 10.1 Å². The molecule has 0 unspecified atom stereocenters. The van der Waals surface area contributed by atoms with Gasteiger partial charge in [0.15, 0.2) is 0 Å². The highest BCUT2D eigenvalue weighted by Crippen LogP contribution is 2.25. The normalized spacial score (nSPS) is 10.5. The molecule has 2 rings (SSSR count). The van der Waals surface area contributed by atoms with Gasteiger partial charge in [0.1, 0.15) is 12.4 Å². The quantitative estimate of drug-likeness (QED) is 0.888. The SMILES string of the molecule is CNCc1cc(Cl)ccc1OCc1ccccc1Cl. The summed E-state index contributed by atoms with van der Waals surface area (Å²) in [7, 11) is 1.89. The molecule has 0 aromatic heterocycles. The van der Waals surface area contributed by atoms with Crippen LogP contribution in [0.3, 0.4) is 0 Å². The van der Waals surface area contributed by atoms with Crippen LogP contribution in [-0.4, -0.2) is 7.05 Å². The monoisotopic (exact) mass is 295 g/mol. The third kappa shape index (κ3) is 3.87.